The average molecular weight is 361 g/mol. The Morgan fingerprint density at radius 2 is 2.09 bits per heavy atom. The molecule has 0 aliphatic carbocycles. The molecule has 0 saturated carbocycles. The summed E-state index contributed by atoms with van der Waals surface area (Å²) in [5, 5.41) is 4.06. The van der Waals surface area contributed by atoms with Crippen LogP contribution in [-0.2, 0) is 4.79 Å². The molecule has 1 heterocycles. The van der Waals surface area contributed by atoms with Crippen LogP contribution in [0.25, 0.3) is 0 Å². The van der Waals surface area contributed by atoms with Crippen molar-refractivity contribution in [1.29, 1.82) is 0 Å². The standard InChI is InChI=1S/C17H25ClN2O2.ClH/c1-13-12-15(5-6-16(13)18)22-11-3-4-17(21)20(2)14-7-9-19-10-8-14;/h5-6,12,14,19H,3-4,7-11H2,1-2H3;1H. The minimum absolute atomic E-state index is 0. The van der Waals surface area contributed by atoms with Crippen LogP contribution >= 0.6 is 24.0 Å². The minimum Gasteiger partial charge on any atom is -0.494 e. The molecule has 130 valence electrons. The van der Waals surface area contributed by atoms with Gasteiger partial charge in [0.25, 0.3) is 0 Å². The molecule has 1 fully saturated rings. The maximum absolute atomic E-state index is 12.2. The predicted molar refractivity (Wildman–Crippen MR) is 96.8 cm³/mol. The summed E-state index contributed by atoms with van der Waals surface area (Å²) >= 11 is 5.98. The molecule has 0 aromatic heterocycles. The Morgan fingerprint density at radius 1 is 1.39 bits per heavy atom. The van der Waals surface area contributed by atoms with Crippen LogP contribution in [0.3, 0.4) is 0 Å². The van der Waals surface area contributed by atoms with Gasteiger partial charge in [-0.05, 0) is 63.0 Å². The van der Waals surface area contributed by atoms with Crippen LogP contribution in [0.4, 0.5) is 0 Å². The lowest BCUT2D eigenvalue weighted by Gasteiger charge is -2.31. The molecule has 1 amide bonds. The summed E-state index contributed by atoms with van der Waals surface area (Å²) < 4.78 is 5.68. The van der Waals surface area contributed by atoms with E-state index in [4.69, 9.17) is 16.3 Å². The van der Waals surface area contributed by atoms with Gasteiger partial charge in [0.1, 0.15) is 5.75 Å². The van der Waals surface area contributed by atoms with Crippen molar-refractivity contribution >= 4 is 29.9 Å². The molecule has 0 atom stereocenters. The first kappa shape index (κ1) is 20.1. The molecule has 1 aliphatic heterocycles. The number of hydrogen-bond acceptors (Lipinski definition) is 3. The third-order valence-electron chi connectivity index (χ3n) is 4.18. The molecule has 1 aliphatic rings. The topological polar surface area (TPSA) is 41.6 Å². The van der Waals surface area contributed by atoms with E-state index in [1.807, 2.05) is 37.1 Å². The SMILES string of the molecule is Cc1cc(OCCCC(=O)N(C)C2CCNCC2)ccc1Cl.Cl. The first-order valence-corrected chi connectivity index (χ1v) is 8.31. The fourth-order valence-corrected chi connectivity index (χ4v) is 2.81. The fraction of sp³-hybridized carbons (Fsp3) is 0.588. The van der Waals surface area contributed by atoms with Gasteiger partial charge in [0.05, 0.1) is 6.61 Å². The maximum Gasteiger partial charge on any atom is 0.222 e. The van der Waals surface area contributed by atoms with Crippen LogP contribution in [-0.4, -0.2) is 43.6 Å². The van der Waals surface area contributed by atoms with Crippen molar-refractivity contribution < 1.29 is 9.53 Å². The Kier molecular flexibility index (Phi) is 8.74. The summed E-state index contributed by atoms with van der Waals surface area (Å²) in [6.07, 6.45) is 3.36. The van der Waals surface area contributed by atoms with E-state index in [0.717, 1.165) is 48.7 Å². The van der Waals surface area contributed by atoms with E-state index in [1.54, 1.807) is 0 Å². The number of aryl methyl sites for hydroxylation is 1. The van der Waals surface area contributed by atoms with Crippen LogP contribution < -0.4 is 10.1 Å². The van der Waals surface area contributed by atoms with E-state index in [9.17, 15) is 4.79 Å². The van der Waals surface area contributed by atoms with Gasteiger partial charge >= 0.3 is 0 Å². The van der Waals surface area contributed by atoms with E-state index in [2.05, 4.69) is 5.32 Å². The number of rotatable bonds is 6. The first-order chi connectivity index (χ1) is 10.6. The Balaban J connectivity index is 0.00000264. The van der Waals surface area contributed by atoms with Gasteiger partial charge < -0.3 is 15.0 Å². The van der Waals surface area contributed by atoms with Gasteiger partial charge in [-0.1, -0.05) is 11.6 Å². The van der Waals surface area contributed by atoms with Gasteiger partial charge in [-0.25, -0.2) is 0 Å². The van der Waals surface area contributed by atoms with E-state index in [0.29, 0.717) is 19.1 Å². The summed E-state index contributed by atoms with van der Waals surface area (Å²) in [6, 6.07) is 6.00. The molecule has 1 N–H and O–H groups in total. The number of ether oxygens (including phenoxy) is 1. The smallest absolute Gasteiger partial charge is 0.222 e. The molecule has 1 saturated heterocycles. The number of carbonyl (C=O) groups is 1. The third-order valence-corrected chi connectivity index (χ3v) is 4.61. The van der Waals surface area contributed by atoms with Crippen molar-refractivity contribution in [2.75, 3.05) is 26.7 Å². The highest BCUT2D eigenvalue weighted by molar-refractivity contribution is 6.31. The molecular weight excluding hydrogens is 335 g/mol. The zero-order valence-corrected chi connectivity index (χ0v) is 15.4. The molecule has 23 heavy (non-hydrogen) atoms. The second-order valence-corrected chi connectivity index (χ2v) is 6.26. The predicted octanol–water partition coefficient (Wildman–Crippen LogP) is 3.44. The third kappa shape index (κ3) is 6.21. The molecular formula is C17H26Cl2N2O2. The molecule has 0 spiro atoms. The highest BCUT2D eigenvalue weighted by Gasteiger charge is 2.21. The van der Waals surface area contributed by atoms with Gasteiger partial charge in [-0.15, -0.1) is 12.4 Å². The summed E-state index contributed by atoms with van der Waals surface area (Å²) in [5.74, 6) is 1.02. The summed E-state index contributed by atoms with van der Waals surface area (Å²) in [7, 11) is 1.92. The van der Waals surface area contributed by atoms with Crippen LogP contribution in [0.15, 0.2) is 18.2 Å². The first-order valence-electron chi connectivity index (χ1n) is 7.93. The normalized spacial score (nSPS) is 14.9. The molecule has 4 nitrogen and oxygen atoms in total. The van der Waals surface area contributed by atoms with Gasteiger partial charge in [0.15, 0.2) is 0 Å². The summed E-state index contributed by atoms with van der Waals surface area (Å²) in [4.78, 5) is 14.1. The summed E-state index contributed by atoms with van der Waals surface area (Å²) in [5.41, 5.74) is 1.00. The van der Waals surface area contributed by atoms with Crippen LogP contribution in [0.1, 0.15) is 31.2 Å². The van der Waals surface area contributed by atoms with Gasteiger partial charge in [-0.2, -0.15) is 0 Å². The maximum atomic E-state index is 12.2. The number of amides is 1. The minimum atomic E-state index is 0. The van der Waals surface area contributed by atoms with Crippen molar-refractivity contribution in [3.63, 3.8) is 0 Å². The molecule has 0 unspecified atom stereocenters. The van der Waals surface area contributed by atoms with Crippen molar-refractivity contribution in [3.05, 3.63) is 28.8 Å². The molecule has 0 bridgehead atoms. The Bertz CT molecular complexity index is 505. The Hall–Kier alpha value is -0.970. The quantitative estimate of drug-likeness (QED) is 0.790. The molecule has 6 heteroatoms. The van der Waals surface area contributed by atoms with Crippen molar-refractivity contribution in [2.45, 2.75) is 38.6 Å². The van der Waals surface area contributed by atoms with E-state index < -0.39 is 0 Å². The lowest BCUT2D eigenvalue weighted by Crippen LogP contribution is -2.43. The van der Waals surface area contributed by atoms with Crippen molar-refractivity contribution in [2.24, 2.45) is 0 Å². The number of hydrogen-bond donors (Lipinski definition) is 1. The van der Waals surface area contributed by atoms with Gasteiger partial charge in [0, 0.05) is 24.5 Å². The molecule has 2 rings (SSSR count). The average Bonchev–Trinajstić information content (AvgIpc) is 2.54. The number of nitrogens with one attached hydrogen (secondary N) is 1. The largest absolute Gasteiger partial charge is 0.494 e. The highest BCUT2D eigenvalue weighted by Crippen LogP contribution is 2.21. The van der Waals surface area contributed by atoms with Crippen LogP contribution in [0.5, 0.6) is 5.75 Å². The molecule has 0 radical (unpaired) electrons. The second kappa shape index (κ2) is 10.0. The van der Waals surface area contributed by atoms with Gasteiger partial charge in [-0.3, -0.25) is 4.79 Å². The van der Waals surface area contributed by atoms with Crippen LogP contribution in [0.2, 0.25) is 5.02 Å². The number of benzene rings is 1. The van der Waals surface area contributed by atoms with Crippen molar-refractivity contribution in [1.82, 2.24) is 10.2 Å². The van der Waals surface area contributed by atoms with E-state index >= 15 is 0 Å². The molecule has 1 aromatic rings. The zero-order chi connectivity index (χ0) is 15.9. The highest BCUT2D eigenvalue weighted by atomic mass is 35.5. The van der Waals surface area contributed by atoms with E-state index in [1.165, 1.54) is 0 Å². The monoisotopic (exact) mass is 360 g/mol. The second-order valence-electron chi connectivity index (χ2n) is 5.85. The molecule has 1 aromatic carbocycles. The van der Waals surface area contributed by atoms with Gasteiger partial charge in [0.2, 0.25) is 5.91 Å². The Morgan fingerprint density at radius 3 is 2.74 bits per heavy atom. The van der Waals surface area contributed by atoms with Crippen LogP contribution in [0, 0.1) is 6.92 Å². The summed E-state index contributed by atoms with van der Waals surface area (Å²) in [6.45, 7) is 4.50. The zero-order valence-electron chi connectivity index (χ0n) is 13.8. The van der Waals surface area contributed by atoms with Crippen molar-refractivity contribution in [3.8, 4) is 5.75 Å². The number of piperidine rings is 1. The Labute approximate surface area is 149 Å². The number of carbonyl (C=O) groups excluding carboxylic acids is 1. The van der Waals surface area contributed by atoms with E-state index in [-0.39, 0.29) is 18.3 Å². The lowest BCUT2D eigenvalue weighted by molar-refractivity contribution is -0.132. The number of nitrogens with zero attached hydrogens (tertiary/aromatic N) is 1. The lowest BCUT2D eigenvalue weighted by atomic mass is 10.0. The fourth-order valence-electron chi connectivity index (χ4n) is 2.69. The number of halogens is 2.